The zero-order valence-corrected chi connectivity index (χ0v) is 13.3. The van der Waals surface area contributed by atoms with E-state index in [1.165, 1.54) is 0 Å². The topological polar surface area (TPSA) is 84.7 Å². The Hall–Kier alpha value is -1.15. The van der Waals surface area contributed by atoms with Gasteiger partial charge in [0.05, 0.1) is 12.0 Å². The van der Waals surface area contributed by atoms with Crippen molar-refractivity contribution in [3.63, 3.8) is 0 Å². The van der Waals surface area contributed by atoms with E-state index in [0.29, 0.717) is 12.3 Å². The van der Waals surface area contributed by atoms with E-state index in [1.807, 2.05) is 7.05 Å². The van der Waals surface area contributed by atoms with Crippen molar-refractivity contribution in [3.05, 3.63) is 24.3 Å². The van der Waals surface area contributed by atoms with E-state index in [1.54, 1.807) is 31.4 Å². The Kier molecular flexibility index (Phi) is 4.88. The van der Waals surface area contributed by atoms with E-state index in [0.717, 1.165) is 25.9 Å². The summed E-state index contributed by atoms with van der Waals surface area (Å²) in [4.78, 5) is 2.41. The average Bonchev–Trinajstić information content (AvgIpc) is 2.50. The summed E-state index contributed by atoms with van der Waals surface area (Å²) >= 11 is 0. The first-order chi connectivity index (χ1) is 9.91. The Morgan fingerprint density at radius 1 is 1.29 bits per heavy atom. The number of benzene rings is 1. The summed E-state index contributed by atoms with van der Waals surface area (Å²) in [5, 5.41) is 0. The van der Waals surface area contributed by atoms with Gasteiger partial charge in [-0.25, -0.2) is 13.1 Å². The first kappa shape index (κ1) is 16.2. The van der Waals surface area contributed by atoms with Crippen LogP contribution in [0.1, 0.15) is 12.8 Å². The molecule has 1 heterocycles. The van der Waals surface area contributed by atoms with Crippen LogP contribution in [-0.2, 0) is 10.0 Å². The highest BCUT2D eigenvalue weighted by Crippen LogP contribution is 2.24. The molecule has 0 atom stereocenters. The number of piperidine rings is 1. The Labute approximate surface area is 126 Å². The average molecular weight is 313 g/mol. The number of likely N-dealkylation sites (tertiary alicyclic amines) is 1. The van der Waals surface area contributed by atoms with Crippen molar-refractivity contribution in [2.45, 2.75) is 23.3 Å². The number of nitrogens with two attached hydrogens (primary N) is 1. The maximum atomic E-state index is 12.5. The van der Waals surface area contributed by atoms with E-state index < -0.39 is 15.6 Å². The molecule has 0 bridgehead atoms. The maximum Gasteiger partial charge on any atom is 0.241 e. The standard InChI is InChI=1S/C14H23N3O3S/c1-17-9-7-14(11-15,8-10-17)16-21(18,19)13-5-3-12(20-2)4-6-13/h3-6,16H,7-11,15H2,1-2H3. The molecule has 1 aliphatic rings. The van der Waals surface area contributed by atoms with Crippen LogP contribution in [0.3, 0.4) is 0 Å². The Morgan fingerprint density at radius 2 is 1.86 bits per heavy atom. The molecule has 1 aromatic rings. The Bertz CT molecular complexity index is 564. The van der Waals surface area contributed by atoms with Gasteiger partial charge in [-0.15, -0.1) is 0 Å². The van der Waals surface area contributed by atoms with Gasteiger partial charge in [0.25, 0.3) is 0 Å². The van der Waals surface area contributed by atoms with Crippen LogP contribution < -0.4 is 15.2 Å². The van der Waals surface area contributed by atoms with E-state index in [4.69, 9.17) is 10.5 Å². The van der Waals surface area contributed by atoms with Crippen LogP contribution in [0.4, 0.5) is 0 Å². The summed E-state index contributed by atoms with van der Waals surface area (Å²) in [6.45, 7) is 1.97. The number of methoxy groups -OCH3 is 1. The van der Waals surface area contributed by atoms with E-state index in [-0.39, 0.29) is 4.90 Å². The highest BCUT2D eigenvalue weighted by atomic mass is 32.2. The lowest BCUT2D eigenvalue weighted by molar-refractivity contribution is 0.182. The van der Waals surface area contributed by atoms with E-state index in [2.05, 4.69) is 9.62 Å². The van der Waals surface area contributed by atoms with Gasteiger partial charge in [-0.1, -0.05) is 0 Å². The lowest BCUT2D eigenvalue weighted by Crippen LogP contribution is -2.58. The molecule has 0 radical (unpaired) electrons. The highest BCUT2D eigenvalue weighted by molar-refractivity contribution is 7.89. The summed E-state index contributed by atoms with van der Waals surface area (Å²) in [7, 11) is -0.00543. The minimum Gasteiger partial charge on any atom is -0.497 e. The molecule has 0 amide bonds. The van der Waals surface area contributed by atoms with Crippen LogP contribution >= 0.6 is 0 Å². The van der Waals surface area contributed by atoms with Crippen LogP contribution in [0.2, 0.25) is 0 Å². The van der Waals surface area contributed by atoms with E-state index in [9.17, 15) is 8.42 Å². The largest absolute Gasteiger partial charge is 0.497 e. The predicted octanol–water partition coefficient (Wildman–Crippen LogP) is 0.397. The summed E-state index contributed by atoms with van der Waals surface area (Å²) in [6, 6.07) is 6.36. The molecule has 2 rings (SSSR count). The molecular formula is C14H23N3O3S. The quantitative estimate of drug-likeness (QED) is 0.822. The fourth-order valence-corrected chi connectivity index (χ4v) is 3.96. The van der Waals surface area contributed by atoms with Crippen LogP contribution in [0.5, 0.6) is 5.75 Å². The lowest BCUT2D eigenvalue weighted by atomic mass is 9.89. The molecule has 21 heavy (non-hydrogen) atoms. The van der Waals surface area contributed by atoms with Gasteiger partial charge in [-0.2, -0.15) is 0 Å². The third-order valence-electron chi connectivity index (χ3n) is 4.06. The molecule has 7 heteroatoms. The molecular weight excluding hydrogens is 290 g/mol. The first-order valence-corrected chi connectivity index (χ1v) is 8.46. The molecule has 6 nitrogen and oxygen atoms in total. The normalized spacial score (nSPS) is 19.4. The smallest absolute Gasteiger partial charge is 0.241 e. The molecule has 0 unspecified atom stereocenters. The second-order valence-corrected chi connectivity index (χ2v) is 7.25. The fraction of sp³-hybridized carbons (Fsp3) is 0.571. The lowest BCUT2D eigenvalue weighted by Gasteiger charge is -2.40. The monoisotopic (exact) mass is 313 g/mol. The van der Waals surface area contributed by atoms with Crippen molar-refractivity contribution in [2.75, 3.05) is 33.8 Å². The number of ether oxygens (including phenoxy) is 1. The van der Waals surface area contributed by atoms with Crippen LogP contribution in [0.25, 0.3) is 0 Å². The van der Waals surface area contributed by atoms with Gasteiger partial charge < -0.3 is 15.4 Å². The van der Waals surface area contributed by atoms with E-state index >= 15 is 0 Å². The second-order valence-electron chi connectivity index (χ2n) is 5.57. The summed E-state index contributed by atoms with van der Waals surface area (Å²) < 4.78 is 32.9. The maximum absolute atomic E-state index is 12.5. The Morgan fingerprint density at radius 3 is 2.33 bits per heavy atom. The van der Waals surface area contributed by atoms with Gasteiger partial charge in [0.15, 0.2) is 0 Å². The number of rotatable bonds is 5. The summed E-state index contributed by atoms with van der Waals surface area (Å²) in [5.74, 6) is 0.627. The molecule has 1 aliphatic heterocycles. The predicted molar refractivity (Wildman–Crippen MR) is 81.8 cm³/mol. The number of hydrogen-bond donors (Lipinski definition) is 2. The molecule has 0 saturated carbocycles. The summed E-state index contributed by atoms with van der Waals surface area (Å²) in [6.07, 6.45) is 1.44. The minimum absolute atomic E-state index is 0.232. The number of hydrogen-bond acceptors (Lipinski definition) is 5. The van der Waals surface area contributed by atoms with Crippen molar-refractivity contribution in [3.8, 4) is 5.75 Å². The van der Waals surface area contributed by atoms with Crippen LogP contribution in [0.15, 0.2) is 29.2 Å². The van der Waals surface area contributed by atoms with Crippen LogP contribution in [-0.4, -0.2) is 52.6 Å². The molecule has 0 aliphatic carbocycles. The van der Waals surface area contributed by atoms with Crippen molar-refractivity contribution >= 4 is 10.0 Å². The van der Waals surface area contributed by atoms with Gasteiger partial charge in [0.2, 0.25) is 10.0 Å². The van der Waals surface area contributed by atoms with Gasteiger partial charge in [-0.05, 0) is 57.2 Å². The zero-order valence-electron chi connectivity index (χ0n) is 12.5. The molecule has 0 aromatic heterocycles. The zero-order chi connectivity index (χ0) is 15.5. The van der Waals surface area contributed by atoms with Gasteiger partial charge in [0.1, 0.15) is 5.75 Å². The van der Waals surface area contributed by atoms with Gasteiger partial charge in [-0.3, -0.25) is 0 Å². The third-order valence-corrected chi connectivity index (χ3v) is 5.65. The van der Waals surface area contributed by atoms with Crippen molar-refractivity contribution in [2.24, 2.45) is 5.73 Å². The summed E-state index contributed by atoms with van der Waals surface area (Å²) in [5.41, 5.74) is 5.30. The minimum atomic E-state index is -3.58. The van der Waals surface area contributed by atoms with Crippen molar-refractivity contribution < 1.29 is 13.2 Å². The van der Waals surface area contributed by atoms with Crippen molar-refractivity contribution in [1.29, 1.82) is 0 Å². The number of nitrogens with one attached hydrogen (secondary N) is 1. The fourth-order valence-electron chi connectivity index (χ4n) is 2.49. The molecule has 0 spiro atoms. The SMILES string of the molecule is COc1ccc(S(=O)(=O)NC2(CN)CCN(C)CC2)cc1. The number of nitrogens with zero attached hydrogens (tertiary/aromatic N) is 1. The second kappa shape index (κ2) is 6.31. The van der Waals surface area contributed by atoms with Gasteiger partial charge >= 0.3 is 0 Å². The Balaban J connectivity index is 2.18. The van der Waals surface area contributed by atoms with Crippen molar-refractivity contribution in [1.82, 2.24) is 9.62 Å². The molecule has 118 valence electrons. The number of sulfonamides is 1. The molecule has 3 N–H and O–H groups in total. The molecule has 1 saturated heterocycles. The molecule has 1 fully saturated rings. The third kappa shape index (κ3) is 3.74. The van der Waals surface area contributed by atoms with Gasteiger partial charge in [0, 0.05) is 12.1 Å². The highest BCUT2D eigenvalue weighted by Gasteiger charge is 2.36. The molecule has 1 aromatic carbocycles. The first-order valence-electron chi connectivity index (χ1n) is 6.97. The van der Waals surface area contributed by atoms with Crippen LogP contribution in [0, 0.1) is 0 Å².